The fourth-order valence-electron chi connectivity index (χ4n) is 1.98. The lowest BCUT2D eigenvalue weighted by Gasteiger charge is -1.90. The molecule has 2 rings (SSSR count). The molecule has 0 aliphatic heterocycles. The van der Waals surface area contributed by atoms with Crippen LogP contribution in [0.1, 0.15) is 12.5 Å². The summed E-state index contributed by atoms with van der Waals surface area (Å²) in [6.45, 7) is 2.01. The SMILES string of the molecule is CC=CC=CC=c1ccccc1=CC=Cc1ccccc1. The summed E-state index contributed by atoms with van der Waals surface area (Å²) in [5, 5.41) is 2.44. The van der Waals surface area contributed by atoms with Crippen LogP contribution in [0.2, 0.25) is 0 Å². The molecule has 0 aliphatic rings. The molecule has 0 saturated heterocycles. The van der Waals surface area contributed by atoms with Gasteiger partial charge >= 0.3 is 0 Å². The largest absolute Gasteiger partial charge is 0.0877 e. The maximum Gasteiger partial charge on any atom is -0.0184 e. The fraction of sp³-hybridized carbons (Fsp3) is 0.0476. The predicted octanol–water partition coefficient (Wildman–Crippen LogP) is 4.09. The van der Waals surface area contributed by atoms with Crippen LogP contribution in [-0.2, 0) is 0 Å². The van der Waals surface area contributed by atoms with Crippen molar-refractivity contribution in [3.63, 3.8) is 0 Å². The van der Waals surface area contributed by atoms with E-state index in [1.54, 1.807) is 0 Å². The van der Waals surface area contributed by atoms with Crippen molar-refractivity contribution >= 4 is 18.2 Å². The van der Waals surface area contributed by atoms with E-state index in [9.17, 15) is 0 Å². The van der Waals surface area contributed by atoms with Crippen molar-refractivity contribution in [1.29, 1.82) is 0 Å². The first-order valence-electron chi connectivity index (χ1n) is 7.18. The van der Waals surface area contributed by atoms with Gasteiger partial charge in [0.25, 0.3) is 0 Å². The maximum absolute atomic E-state index is 2.14. The van der Waals surface area contributed by atoms with Crippen LogP contribution in [0.3, 0.4) is 0 Å². The van der Waals surface area contributed by atoms with Gasteiger partial charge in [0, 0.05) is 0 Å². The van der Waals surface area contributed by atoms with Crippen molar-refractivity contribution in [2.24, 2.45) is 0 Å². The summed E-state index contributed by atoms with van der Waals surface area (Å²) in [5.74, 6) is 0. The van der Waals surface area contributed by atoms with Gasteiger partial charge in [0.05, 0.1) is 0 Å². The zero-order valence-corrected chi connectivity index (χ0v) is 12.3. The lowest BCUT2D eigenvalue weighted by Crippen LogP contribution is -2.22. The molecule has 0 heteroatoms. The molecule has 2 aromatic carbocycles. The van der Waals surface area contributed by atoms with Crippen LogP contribution in [0.4, 0.5) is 0 Å². The molecule has 0 N–H and O–H groups in total. The fourth-order valence-corrected chi connectivity index (χ4v) is 1.98. The highest BCUT2D eigenvalue weighted by Gasteiger charge is 1.83. The van der Waals surface area contributed by atoms with E-state index >= 15 is 0 Å². The molecule has 21 heavy (non-hydrogen) atoms. The van der Waals surface area contributed by atoms with Crippen molar-refractivity contribution in [3.8, 4) is 0 Å². The molecule has 0 radical (unpaired) electrons. The first-order valence-corrected chi connectivity index (χ1v) is 7.18. The van der Waals surface area contributed by atoms with Gasteiger partial charge in [-0.25, -0.2) is 0 Å². The summed E-state index contributed by atoms with van der Waals surface area (Å²) in [7, 11) is 0. The number of hydrogen-bond acceptors (Lipinski definition) is 0. The number of rotatable bonds is 4. The second-order valence-corrected chi connectivity index (χ2v) is 4.64. The Balaban J connectivity index is 2.27. The standard InChI is InChI=1S/C21H20/c1-2-3-4-8-15-20-16-9-10-17-21(20)18-11-14-19-12-6-5-7-13-19/h2-18H,1H3. The Morgan fingerprint density at radius 1 is 0.619 bits per heavy atom. The number of benzene rings is 2. The normalized spacial score (nSPS) is 14.0. The smallest absolute Gasteiger partial charge is 0.0184 e. The van der Waals surface area contributed by atoms with E-state index in [0.29, 0.717) is 0 Å². The second kappa shape index (κ2) is 8.55. The van der Waals surface area contributed by atoms with E-state index in [-0.39, 0.29) is 0 Å². The molecule has 0 aliphatic carbocycles. The van der Waals surface area contributed by atoms with Crippen LogP contribution in [0.25, 0.3) is 18.2 Å². The molecule has 0 saturated carbocycles. The average Bonchev–Trinajstić information content (AvgIpc) is 2.54. The molecule has 2 aromatic rings. The Morgan fingerprint density at radius 2 is 1.24 bits per heavy atom. The van der Waals surface area contributed by atoms with E-state index in [1.807, 2.05) is 43.4 Å². The van der Waals surface area contributed by atoms with Crippen molar-refractivity contribution in [3.05, 3.63) is 101 Å². The second-order valence-electron chi connectivity index (χ2n) is 4.64. The van der Waals surface area contributed by atoms with Gasteiger partial charge in [0.15, 0.2) is 0 Å². The highest BCUT2D eigenvalue weighted by Crippen LogP contribution is 2.00. The van der Waals surface area contributed by atoms with Gasteiger partial charge in [-0.15, -0.1) is 0 Å². The Labute approximate surface area is 126 Å². The third kappa shape index (κ3) is 5.12. The quantitative estimate of drug-likeness (QED) is 0.735. The van der Waals surface area contributed by atoms with E-state index in [0.717, 1.165) is 0 Å². The summed E-state index contributed by atoms with van der Waals surface area (Å²) in [6.07, 6.45) is 16.6. The van der Waals surface area contributed by atoms with Crippen LogP contribution >= 0.6 is 0 Å². The van der Waals surface area contributed by atoms with Crippen LogP contribution in [-0.4, -0.2) is 0 Å². The zero-order valence-electron chi connectivity index (χ0n) is 12.3. The molecule has 0 heterocycles. The van der Waals surface area contributed by atoms with Crippen LogP contribution in [0, 0.1) is 0 Å². The number of allylic oxidation sites excluding steroid dienone is 5. The summed E-state index contributed by atoms with van der Waals surface area (Å²) in [5.41, 5.74) is 1.21. The molecule has 0 unspecified atom stereocenters. The van der Waals surface area contributed by atoms with Crippen molar-refractivity contribution in [2.75, 3.05) is 0 Å². The maximum atomic E-state index is 2.14. The van der Waals surface area contributed by atoms with Gasteiger partial charge in [-0.05, 0) is 22.9 Å². The summed E-state index contributed by atoms with van der Waals surface area (Å²) in [4.78, 5) is 0. The Kier molecular flexibility index (Phi) is 6.02. The molecular formula is C21H20. The first kappa shape index (κ1) is 14.8. The van der Waals surface area contributed by atoms with Gasteiger partial charge in [-0.1, -0.05) is 103 Å². The monoisotopic (exact) mass is 272 g/mol. The Hall–Kier alpha value is -2.60. The first-order chi connectivity index (χ1) is 10.4. The summed E-state index contributed by atoms with van der Waals surface area (Å²) < 4.78 is 0. The van der Waals surface area contributed by atoms with E-state index in [4.69, 9.17) is 0 Å². The Morgan fingerprint density at radius 3 is 1.90 bits per heavy atom. The van der Waals surface area contributed by atoms with E-state index in [1.165, 1.54) is 16.0 Å². The van der Waals surface area contributed by atoms with Gasteiger partial charge in [-0.2, -0.15) is 0 Å². The Bertz CT molecular complexity index is 744. The lowest BCUT2D eigenvalue weighted by atomic mass is 10.2. The number of hydrogen-bond donors (Lipinski definition) is 0. The molecule has 0 fully saturated rings. The molecule has 104 valence electrons. The van der Waals surface area contributed by atoms with Gasteiger partial charge in [-0.3, -0.25) is 0 Å². The van der Waals surface area contributed by atoms with Crippen LogP contribution < -0.4 is 10.4 Å². The van der Waals surface area contributed by atoms with Crippen molar-refractivity contribution in [2.45, 2.75) is 6.92 Å². The van der Waals surface area contributed by atoms with Gasteiger partial charge in [0.1, 0.15) is 0 Å². The van der Waals surface area contributed by atoms with Crippen molar-refractivity contribution in [1.82, 2.24) is 0 Å². The average molecular weight is 272 g/mol. The lowest BCUT2D eigenvalue weighted by molar-refractivity contribution is 1.52. The molecule has 0 aromatic heterocycles. The predicted molar refractivity (Wildman–Crippen MR) is 94.1 cm³/mol. The van der Waals surface area contributed by atoms with E-state index in [2.05, 4.69) is 66.8 Å². The highest BCUT2D eigenvalue weighted by molar-refractivity contribution is 5.58. The summed E-state index contributed by atoms with van der Waals surface area (Å²) >= 11 is 0. The van der Waals surface area contributed by atoms with Crippen LogP contribution in [0.5, 0.6) is 0 Å². The third-order valence-corrected chi connectivity index (χ3v) is 3.05. The molecule has 0 spiro atoms. The molecule has 0 bridgehead atoms. The van der Waals surface area contributed by atoms with Gasteiger partial charge < -0.3 is 0 Å². The minimum absolute atomic E-state index is 1.21. The minimum atomic E-state index is 1.21. The van der Waals surface area contributed by atoms with Crippen LogP contribution in [0.15, 0.2) is 85.0 Å². The zero-order chi connectivity index (χ0) is 14.8. The van der Waals surface area contributed by atoms with E-state index < -0.39 is 0 Å². The third-order valence-electron chi connectivity index (χ3n) is 3.05. The molecule has 0 nitrogen and oxygen atoms in total. The topological polar surface area (TPSA) is 0 Å². The summed E-state index contributed by atoms with van der Waals surface area (Å²) in [6, 6.07) is 18.7. The molecule has 0 amide bonds. The van der Waals surface area contributed by atoms with Crippen molar-refractivity contribution < 1.29 is 0 Å². The van der Waals surface area contributed by atoms with Gasteiger partial charge in [0.2, 0.25) is 0 Å². The minimum Gasteiger partial charge on any atom is -0.0877 e. The highest BCUT2D eigenvalue weighted by atomic mass is 13.9. The molecule has 0 atom stereocenters. The molecular weight excluding hydrogens is 252 g/mol.